The normalized spacial score (nSPS) is 24.8. The van der Waals surface area contributed by atoms with Crippen LogP contribution in [0.5, 0.6) is 5.75 Å². The smallest absolute Gasteiger partial charge is 0.121 e. The van der Waals surface area contributed by atoms with Crippen LogP contribution in [0.1, 0.15) is 39.5 Å². The predicted octanol–water partition coefficient (Wildman–Crippen LogP) is 3.19. The van der Waals surface area contributed by atoms with Gasteiger partial charge in [-0.05, 0) is 44.7 Å². The van der Waals surface area contributed by atoms with Gasteiger partial charge in [0.25, 0.3) is 0 Å². The van der Waals surface area contributed by atoms with Crippen molar-refractivity contribution in [3.8, 4) is 5.75 Å². The second-order valence-corrected chi connectivity index (χ2v) is 5.11. The van der Waals surface area contributed by atoms with Crippen LogP contribution >= 0.6 is 0 Å². The Balaban J connectivity index is 1.98. The van der Waals surface area contributed by atoms with Gasteiger partial charge in [0.1, 0.15) is 5.75 Å². The van der Waals surface area contributed by atoms with Crippen LogP contribution in [0.2, 0.25) is 0 Å². The average Bonchev–Trinajstić information content (AvgIpc) is 2.75. The van der Waals surface area contributed by atoms with Crippen molar-refractivity contribution < 1.29 is 9.84 Å². The van der Waals surface area contributed by atoms with Crippen LogP contribution in [-0.4, -0.2) is 23.4 Å². The molecule has 3 heteroatoms. The van der Waals surface area contributed by atoms with Crippen molar-refractivity contribution in [1.29, 1.82) is 0 Å². The first-order valence-electron chi connectivity index (χ1n) is 6.90. The number of anilines is 1. The van der Waals surface area contributed by atoms with Crippen molar-refractivity contribution in [2.75, 3.05) is 5.32 Å². The van der Waals surface area contributed by atoms with Gasteiger partial charge in [-0.1, -0.05) is 13.0 Å². The molecule has 1 aliphatic rings. The minimum Gasteiger partial charge on any atom is -0.491 e. The molecule has 3 atom stereocenters. The van der Waals surface area contributed by atoms with Crippen LogP contribution in [0.25, 0.3) is 0 Å². The zero-order valence-electron chi connectivity index (χ0n) is 11.2. The molecule has 0 bridgehead atoms. The molecule has 0 spiro atoms. The maximum Gasteiger partial charge on any atom is 0.121 e. The Morgan fingerprint density at radius 1 is 1.44 bits per heavy atom. The zero-order valence-corrected chi connectivity index (χ0v) is 11.2. The molecule has 0 aromatic heterocycles. The molecule has 2 rings (SSSR count). The maximum atomic E-state index is 9.81. The molecule has 3 unspecified atom stereocenters. The van der Waals surface area contributed by atoms with Gasteiger partial charge in [0.15, 0.2) is 0 Å². The Kier molecular flexibility index (Phi) is 4.48. The molecule has 3 nitrogen and oxygen atoms in total. The highest BCUT2D eigenvalue weighted by Gasteiger charge is 2.24. The summed E-state index contributed by atoms with van der Waals surface area (Å²) in [5.41, 5.74) is 1.03. The predicted molar refractivity (Wildman–Crippen MR) is 74.1 cm³/mol. The summed E-state index contributed by atoms with van der Waals surface area (Å²) in [5, 5.41) is 13.2. The Morgan fingerprint density at radius 3 is 2.94 bits per heavy atom. The lowest BCUT2D eigenvalue weighted by molar-refractivity contribution is 0.172. The average molecular weight is 249 g/mol. The molecule has 1 aromatic carbocycles. The van der Waals surface area contributed by atoms with Gasteiger partial charge >= 0.3 is 0 Å². The van der Waals surface area contributed by atoms with Crippen LogP contribution in [0.15, 0.2) is 24.3 Å². The number of nitrogens with one attached hydrogen (secondary N) is 1. The Morgan fingerprint density at radius 2 is 2.28 bits per heavy atom. The second-order valence-electron chi connectivity index (χ2n) is 5.11. The molecule has 1 saturated carbocycles. The molecular formula is C15H23NO2. The first-order chi connectivity index (χ1) is 8.69. The lowest BCUT2D eigenvalue weighted by Crippen LogP contribution is -2.27. The van der Waals surface area contributed by atoms with Crippen molar-refractivity contribution in [3.05, 3.63) is 24.3 Å². The summed E-state index contributed by atoms with van der Waals surface area (Å²) in [6.45, 7) is 4.18. The number of aliphatic hydroxyl groups is 1. The molecule has 0 saturated heterocycles. The van der Waals surface area contributed by atoms with E-state index >= 15 is 0 Å². The summed E-state index contributed by atoms with van der Waals surface area (Å²) in [6.07, 6.45) is 4.06. The molecule has 0 aliphatic heterocycles. The van der Waals surface area contributed by atoms with E-state index in [9.17, 15) is 5.11 Å². The Labute approximate surface area is 109 Å². The number of hydrogen-bond donors (Lipinski definition) is 2. The van der Waals surface area contributed by atoms with Gasteiger partial charge in [-0.15, -0.1) is 0 Å². The first-order valence-corrected chi connectivity index (χ1v) is 6.90. The van der Waals surface area contributed by atoms with E-state index in [4.69, 9.17) is 4.74 Å². The van der Waals surface area contributed by atoms with Gasteiger partial charge in [-0.25, -0.2) is 0 Å². The van der Waals surface area contributed by atoms with E-state index in [2.05, 4.69) is 19.2 Å². The standard InChI is InChI=1S/C15H23NO2/c1-3-11(2)18-13-7-4-6-12(10-13)16-14-8-5-9-15(14)17/h4,6-7,10-11,14-17H,3,5,8-9H2,1-2H3. The largest absolute Gasteiger partial charge is 0.491 e. The van der Waals surface area contributed by atoms with Gasteiger partial charge < -0.3 is 15.2 Å². The third-order valence-corrected chi connectivity index (χ3v) is 3.58. The number of benzene rings is 1. The van der Waals surface area contributed by atoms with E-state index in [0.717, 1.165) is 37.1 Å². The molecule has 1 aliphatic carbocycles. The van der Waals surface area contributed by atoms with E-state index in [1.54, 1.807) is 0 Å². The zero-order chi connectivity index (χ0) is 13.0. The van der Waals surface area contributed by atoms with Gasteiger partial charge in [-0.2, -0.15) is 0 Å². The van der Waals surface area contributed by atoms with Crippen molar-refractivity contribution in [2.45, 2.75) is 57.8 Å². The highest BCUT2D eigenvalue weighted by molar-refractivity contribution is 5.49. The molecule has 0 heterocycles. The minimum atomic E-state index is -0.218. The van der Waals surface area contributed by atoms with Crippen molar-refractivity contribution in [3.63, 3.8) is 0 Å². The van der Waals surface area contributed by atoms with E-state index in [0.29, 0.717) is 0 Å². The van der Waals surface area contributed by atoms with Gasteiger partial charge in [-0.3, -0.25) is 0 Å². The van der Waals surface area contributed by atoms with Crippen LogP contribution in [-0.2, 0) is 0 Å². The van der Waals surface area contributed by atoms with Gasteiger partial charge in [0, 0.05) is 11.8 Å². The SMILES string of the molecule is CCC(C)Oc1cccc(NC2CCCC2O)c1. The molecule has 1 fully saturated rings. The summed E-state index contributed by atoms with van der Waals surface area (Å²) in [6, 6.07) is 8.18. The van der Waals surface area contributed by atoms with E-state index < -0.39 is 0 Å². The highest BCUT2D eigenvalue weighted by Crippen LogP contribution is 2.25. The molecule has 0 amide bonds. The van der Waals surface area contributed by atoms with Crippen molar-refractivity contribution in [2.24, 2.45) is 0 Å². The number of ether oxygens (including phenoxy) is 1. The number of aliphatic hydroxyl groups excluding tert-OH is 1. The van der Waals surface area contributed by atoms with E-state index in [-0.39, 0.29) is 18.2 Å². The fraction of sp³-hybridized carbons (Fsp3) is 0.600. The molecular weight excluding hydrogens is 226 g/mol. The lowest BCUT2D eigenvalue weighted by atomic mass is 10.2. The van der Waals surface area contributed by atoms with Crippen LogP contribution < -0.4 is 10.1 Å². The van der Waals surface area contributed by atoms with Crippen molar-refractivity contribution >= 4 is 5.69 Å². The van der Waals surface area contributed by atoms with Crippen LogP contribution in [0.3, 0.4) is 0 Å². The molecule has 18 heavy (non-hydrogen) atoms. The quantitative estimate of drug-likeness (QED) is 0.842. The lowest BCUT2D eigenvalue weighted by Gasteiger charge is -2.19. The first kappa shape index (κ1) is 13.2. The summed E-state index contributed by atoms with van der Waals surface area (Å²) < 4.78 is 5.79. The summed E-state index contributed by atoms with van der Waals surface area (Å²) in [4.78, 5) is 0. The Hall–Kier alpha value is -1.22. The monoisotopic (exact) mass is 249 g/mol. The van der Waals surface area contributed by atoms with E-state index in [1.165, 1.54) is 0 Å². The van der Waals surface area contributed by atoms with Gasteiger partial charge in [0.05, 0.1) is 18.2 Å². The van der Waals surface area contributed by atoms with Crippen molar-refractivity contribution in [1.82, 2.24) is 0 Å². The minimum absolute atomic E-state index is 0.184. The molecule has 100 valence electrons. The third kappa shape index (κ3) is 3.39. The summed E-state index contributed by atoms with van der Waals surface area (Å²) in [7, 11) is 0. The van der Waals surface area contributed by atoms with E-state index in [1.807, 2.05) is 24.3 Å². The summed E-state index contributed by atoms with van der Waals surface area (Å²) in [5.74, 6) is 0.891. The molecule has 0 radical (unpaired) electrons. The molecule has 1 aromatic rings. The third-order valence-electron chi connectivity index (χ3n) is 3.58. The fourth-order valence-corrected chi connectivity index (χ4v) is 2.30. The molecule has 2 N–H and O–H groups in total. The van der Waals surface area contributed by atoms with Crippen LogP contribution in [0, 0.1) is 0 Å². The maximum absolute atomic E-state index is 9.81. The Bertz CT molecular complexity index is 381. The second kappa shape index (κ2) is 6.10. The topological polar surface area (TPSA) is 41.5 Å². The van der Waals surface area contributed by atoms with Gasteiger partial charge in [0.2, 0.25) is 0 Å². The summed E-state index contributed by atoms with van der Waals surface area (Å²) >= 11 is 0. The number of hydrogen-bond acceptors (Lipinski definition) is 3. The fourth-order valence-electron chi connectivity index (χ4n) is 2.30. The van der Waals surface area contributed by atoms with Crippen LogP contribution in [0.4, 0.5) is 5.69 Å². The number of rotatable bonds is 5. The highest BCUT2D eigenvalue weighted by atomic mass is 16.5.